The maximum absolute atomic E-state index is 11.9. The van der Waals surface area contributed by atoms with Crippen molar-refractivity contribution < 1.29 is 0 Å². The summed E-state index contributed by atoms with van der Waals surface area (Å²) in [4.78, 5) is 16.0. The summed E-state index contributed by atoms with van der Waals surface area (Å²) in [6, 6.07) is 5.34. The predicted molar refractivity (Wildman–Crippen MR) is 77.3 cm³/mol. The second-order valence-corrected chi connectivity index (χ2v) is 5.41. The van der Waals surface area contributed by atoms with Crippen LogP contribution in [0.25, 0.3) is 0 Å². The zero-order valence-corrected chi connectivity index (χ0v) is 12.4. The van der Waals surface area contributed by atoms with Gasteiger partial charge in [0.1, 0.15) is 5.82 Å². The highest BCUT2D eigenvalue weighted by atomic mass is 79.9. The van der Waals surface area contributed by atoms with Crippen LogP contribution >= 0.6 is 31.9 Å². The largest absolute Gasteiger partial charge is 0.309 e. The van der Waals surface area contributed by atoms with Crippen LogP contribution in [-0.4, -0.2) is 9.55 Å². The third-order valence-corrected chi connectivity index (χ3v) is 3.34. The Morgan fingerprint density at radius 3 is 2.78 bits per heavy atom. The van der Waals surface area contributed by atoms with Crippen molar-refractivity contribution in [1.29, 1.82) is 0 Å². The number of nitrogens with two attached hydrogens (primary N) is 1. The van der Waals surface area contributed by atoms with Crippen LogP contribution in [0.15, 0.2) is 44.3 Å². The number of nitrogens with one attached hydrogen (secondary N) is 1. The average Bonchev–Trinajstić information content (AvgIpc) is 2.36. The van der Waals surface area contributed by atoms with Gasteiger partial charge in [0.05, 0.1) is 11.0 Å². The molecule has 0 aliphatic rings. The highest BCUT2D eigenvalue weighted by Crippen LogP contribution is 2.14. The van der Waals surface area contributed by atoms with Gasteiger partial charge in [-0.05, 0) is 49.6 Å². The first kappa shape index (κ1) is 13.3. The van der Waals surface area contributed by atoms with Crippen molar-refractivity contribution in [3.8, 4) is 0 Å². The number of halogens is 2. The van der Waals surface area contributed by atoms with Crippen molar-refractivity contribution in [1.82, 2.24) is 9.55 Å². The monoisotopic (exact) mass is 372 g/mol. The normalized spacial score (nSPS) is 10.4. The molecular formula is C11H10Br2N4O. The molecule has 0 aliphatic carbocycles. The summed E-state index contributed by atoms with van der Waals surface area (Å²) in [5, 5.41) is 0. The topological polar surface area (TPSA) is 72.9 Å². The quantitative estimate of drug-likeness (QED) is 0.638. The summed E-state index contributed by atoms with van der Waals surface area (Å²) in [7, 11) is 0. The van der Waals surface area contributed by atoms with Crippen molar-refractivity contribution >= 4 is 37.7 Å². The molecule has 0 bridgehead atoms. The third kappa shape index (κ3) is 2.98. The Bertz CT molecular complexity index is 609. The number of hydrogen-bond acceptors (Lipinski definition) is 4. The van der Waals surface area contributed by atoms with Crippen LogP contribution in [0, 0.1) is 0 Å². The number of nitrogen functional groups attached to an aromatic ring is 1. The van der Waals surface area contributed by atoms with Crippen LogP contribution in [-0.2, 0) is 6.54 Å². The van der Waals surface area contributed by atoms with Crippen LogP contribution in [0.2, 0.25) is 0 Å². The molecule has 0 aliphatic heterocycles. The lowest BCUT2D eigenvalue weighted by molar-refractivity contribution is 0.749. The van der Waals surface area contributed by atoms with E-state index < -0.39 is 0 Å². The first-order chi connectivity index (χ1) is 8.60. The summed E-state index contributed by atoms with van der Waals surface area (Å²) in [5.41, 5.74) is 3.29. The first-order valence-corrected chi connectivity index (χ1v) is 6.66. The smallest absolute Gasteiger partial charge is 0.265 e. The van der Waals surface area contributed by atoms with Crippen molar-refractivity contribution in [3.05, 3.63) is 55.5 Å². The highest BCUT2D eigenvalue weighted by Gasteiger charge is 2.04. The van der Waals surface area contributed by atoms with Crippen molar-refractivity contribution in [2.75, 3.05) is 5.43 Å². The Morgan fingerprint density at radius 1 is 1.39 bits per heavy atom. The molecule has 5 nitrogen and oxygen atoms in total. The highest BCUT2D eigenvalue weighted by molar-refractivity contribution is 9.11. The molecule has 0 unspecified atom stereocenters. The molecule has 0 atom stereocenters. The Balaban J connectivity index is 2.31. The zero-order chi connectivity index (χ0) is 13.1. The molecule has 3 N–H and O–H groups in total. The third-order valence-electron chi connectivity index (χ3n) is 2.33. The van der Waals surface area contributed by atoms with E-state index in [0.717, 1.165) is 10.0 Å². The summed E-state index contributed by atoms with van der Waals surface area (Å²) in [5.74, 6) is 5.82. The molecule has 0 amide bonds. The minimum Gasteiger partial charge on any atom is -0.309 e. The fourth-order valence-corrected chi connectivity index (χ4v) is 2.74. The second-order valence-electron chi connectivity index (χ2n) is 3.64. The zero-order valence-electron chi connectivity index (χ0n) is 9.23. The fraction of sp³-hybridized carbons (Fsp3) is 0.0909. The molecule has 0 saturated carbocycles. The summed E-state index contributed by atoms with van der Waals surface area (Å²) >= 11 is 6.58. The van der Waals surface area contributed by atoms with Crippen LogP contribution in [0.5, 0.6) is 0 Å². The fourth-order valence-electron chi connectivity index (χ4n) is 1.48. The number of pyridine rings is 2. The van der Waals surface area contributed by atoms with E-state index in [4.69, 9.17) is 5.84 Å². The molecule has 7 heteroatoms. The molecule has 0 spiro atoms. The van der Waals surface area contributed by atoms with E-state index in [2.05, 4.69) is 42.3 Å². The van der Waals surface area contributed by atoms with Gasteiger partial charge in [-0.3, -0.25) is 4.79 Å². The standard InChI is InChI=1S/C11H10Br2N4O/c12-8-3-9(13)11(18)17(6-8)5-7-1-2-10(16-14)15-4-7/h1-4,6H,5,14H2,(H,15,16). The molecule has 0 fully saturated rings. The van der Waals surface area contributed by atoms with E-state index in [1.54, 1.807) is 29.1 Å². The minimum absolute atomic E-state index is 0.0840. The van der Waals surface area contributed by atoms with Gasteiger partial charge in [0, 0.05) is 16.9 Å². The number of rotatable bonds is 3. The second kappa shape index (κ2) is 5.64. The molecule has 18 heavy (non-hydrogen) atoms. The van der Waals surface area contributed by atoms with E-state index in [1.165, 1.54) is 0 Å². The van der Waals surface area contributed by atoms with Crippen LogP contribution in [0.3, 0.4) is 0 Å². The van der Waals surface area contributed by atoms with Gasteiger partial charge in [-0.2, -0.15) is 0 Å². The number of hydrogen-bond donors (Lipinski definition) is 2. The summed E-state index contributed by atoms with van der Waals surface area (Å²) in [6.45, 7) is 0.453. The molecule has 2 rings (SSSR count). The number of nitrogens with zero attached hydrogens (tertiary/aromatic N) is 2. The van der Waals surface area contributed by atoms with E-state index in [0.29, 0.717) is 16.8 Å². The molecule has 0 saturated heterocycles. The summed E-state index contributed by atoms with van der Waals surface area (Å²) in [6.07, 6.45) is 3.42. The molecular weight excluding hydrogens is 364 g/mol. The Kier molecular flexibility index (Phi) is 4.15. The number of hydrazine groups is 1. The van der Waals surface area contributed by atoms with Crippen molar-refractivity contribution in [2.24, 2.45) is 5.84 Å². The van der Waals surface area contributed by atoms with Gasteiger partial charge in [0.2, 0.25) is 0 Å². The van der Waals surface area contributed by atoms with Crippen LogP contribution in [0.1, 0.15) is 5.56 Å². The Morgan fingerprint density at radius 2 is 2.17 bits per heavy atom. The van der Waals surface area contributed by atoms with Gasteiger partial charge in [-0.25, -0.2) is 10.8 Å². The lowest BCUT2D eigenvalue weighted by Crippen LogP contribution is -2.20. The van der Waals surface area contributed by atoms with E-state index in [9.17, 15) is 4.79 Å². The molecule has 2 aromatic heterocycles. The lowest BCUT2D eigenvalue weighted by atomic mass is 10.2. The number of anilines is 1. The van der Waals surface area contributed by atoms with Crippen LogP contribution in [0.4, 0.5) is 5.82 Å². The SMILES string of the molecule is NNc1ccc(Cn2cc(Br)cc(Br)c2=O)cn1. The number of aromatic nitrogens is 2. The van der Waals surface area contributed by atoms with Gasteiger partial charge in [0.25, 0.3) is 5.56 Å². The van der Waals surface area contributed by atoms with E-state index in [1.807, 2.05) is 6.07 Å². The van der Waals surface area contributed by atoms with Gasteiger partial charge >= 0.3 is 0 Å². The van der Waals surface area contributed by atoms with Gasteiger partial charge in [-0.15, -0.1) is 0 Å². The van der Waals surface area contributed by atoms with Crippen molar-refractivity contribution in [2.45, 2.75) is 6.54 Å². The van der Waals surface area contributed by atoms with Gasteiger partial charge in [0.15, 0.2) is 0 Å². The van der Waals surface area contributed by atoms with Gasteiger partial charge in [-0.1, -0.05) is 6.07 Å². The predicted octanol–water partition coefficient (Wildman–Crippen LogP) is 2.10. The van der Waals surface area contributed by atoms with E-state index >= 15 is 0 Å². The van der Waals surface area contributed by atoms with Crippen LogP contribution < -0.4 is 16.8 Å². The van der Waals surface area contributed by atoms with Crippen molar-refractivity contribution in [3.63, 3.8) is 0 Å². The molecule has 94 valence electrons. The molecule has 0 aromatic carbocycles. The Labute approximate surface area is 120 Å². The molecule has 0 radical (unpaired) electrons. The molecule has 2 heterocycles. The molecule has 2 aromatic rings. The minimum atomic E-state index is -0.0840. The van der Waals surface area contributed by atoms with Gasteiger partial charge < -0.3 is 9.99 Å². The maximum Gasteiger partial charge on any atom is 0.265 e. The van der Waals surface area contributed by atoms with E-state index in [-0.39, 0.29) is 5.56 Å². The lowest BCUT2D eigenvalue weighted by Gasteiger charge is -2.07. The average molecular weight is 374 g/mol. The maximum atomic E-state index is 11.9. The summed E-state index contributed by atoms with van der Waals surface area (Å²) < 4.78 is 2.95. The first-order valence-electron chi connectivity index (χ1n) is 5.07. The Hall–Kier alpha value is -1.18.